The van der Waals surface area contributed by atoms with Crippen LogP contribution in [0, 0.1) is 6.92 Å². The number of aromatic nitrogens is 1. The fourth-order valence-corrected chi connectivity index (χ4v) is 1.69. The predicted octanol–water partition coefficient (Wildman–Crippen LogP) is 4.39. The van der Waals surface area contributed by atoms with E-state index in [1.165, 1.54) is 7.11 Å². The number of hydrogen-bond acceptors (Lipinski definition) is 4. The van der Waals surface area contributed by atoms with Crippen molar-refractivity contribution < 1.29 is 14.3 Å². The number of ether oxygens (including phenoxy) is 2. The van der Waals surface area contributed by atoms with Crippen LogP contribution in [0.1, 0.15) is 43.7 Å². The van der Waals surface area contributed by atoms with Gasteiger partial charge < -0.3 is 9.47 Å². The highest BCUT2D eigenvalue weighted by atomic mass is 16.5. The minimum atomic E-state index is -0.384. The normalized spacial score (nSPS) is 8.90. The number of nitrogens with zero attached hydrogens (tertiary/aromatic N) is 1. The third-order valence-corrected chi connectivity index (χ3v) is 2.54. The zero-order valence-electron chi connectivity index (χ0n) is 14.0. The van der Waals surface area contributed by atoms with Gasteiger partial charge in [0.05, 0.1) is 19.8 Å². The molecule has 4 nitrogen and oxygen atoms in total. The van der Waals surface area contributed by atoms with Crippen molar-refractivity contribution in [2.24, 2.45) is 0 Å². The Balaban J connectivity index is 0.000000921. The van der Waals surface area contributed by atoms with Crippen molar-refractivity contribution in [2.75, 3.05) is 14.2 Å². The average Bonchev–Trinajstić information content (AvgIpc) is 2.56. The van der Waals surface area contributed by atoms with Crippen LogP contribution in [0.3, 0.4) is 0 Å². The summed E-state index contributed by atoms with van der Waals surface area (Å²) < 4.78 is 9.94. The number of carbonyl (C=O) groups excluding carboxylic acids is 1. The molecule has 0 amide bonds. The van der Waals surface area contributed by atoms with Gasteiger partial charge in [-0.3, -0.25) is 0 Å². The van der Waals surface area contributed by atoms with E-state index in [0.717, 1.165) is 16.6 Å². The molecule has 1 heterocycles. The first-order chi connectivity index (χ1) is 10.2. The molecule has 1 aromatic heterocycles. The first-order valence-electron chi connectivity index (χ1n) is 7.19. The fraction of sp³-hybridized carbons (Fsp3) is 0.412. The van der Waals surface area contributed by atoms with E-state index >= 15 is 0 Å². The molecule has 2 rings (SSSR count). The molecule has 4 heteroatoms. The van der Waals surface area contributed by atoms with Crippen LogP contribution in [-0.2, 0) is 4.74 Å². The maximum atomic E-state index is 11.5. The number of methoxy groups -OCH3 is 2. The van der Waals surface area contributed by atoms with Gasteiger partial charge in [0.15, 0.2) is 0 Å². The summed E-state index contributed by atoms with van der Waals surface area (Å²) in [5.41, 5.74) is 2.12. The summed E-state index contributed by atoms with van der Waals surface area (Å²) >= 11 is 0. The van der Waals surface area contributed by atoms with Crippen molar-refractivity contribution in [1.29, 1.82) is 0 Å². The Hall–Kier alpha value is -2.10. The second kappa shape index (κ2) is 9.75. The molecule has 0 aliphatic heterocycles. The lowest BCUT2D eigenvalue weighted by molar-refractivity contribution is 0.0600. The summed E-state index contributed by atoms with van der Waals surface area (Å²) in [4.78, 5) is 15.9. The molecule has 0 spiro atoms. The minimum absolute atomic E-state index is 0.384. The smallest absolute Gasteiger partial charge is 0.338 e. The maximum Gasteiger partial charge on any atom is 0.338 e. The SMILES string of the molecule is CC.CC.COC(=O)c1cc(OC)c2nc(C)ccc2c1. The molecule has 0 unspecified atom stereocenters. The molecular weight excluding hydrogens is 266 g/mol. The average molecular weight is 291 g/mol. The molecule has 0 N–H and O–H groups in total. The summed E-state index contributed by atoms with van der Waals surface area (Å²) in [5.74, 6) is 0.192. The van der Waals surface area contributed by atoms with Gasteiger partial charge >= 0.3 is 5.97 Å². The number of aryl methyl sites for hydroxylation is 1. The number of esters is 1. The molecule has 0 atom stereocenters. The van der Waals surface area contributed by atoms with Crippen molar-refractivity contribution in [2.45, 2.75) is 34.6 Å². The number of carbonyl (C=O) groups is 1. The quantitative estimate of drug-likeness (QED) is 0.770. The topological polar surface area (TPSA) is 48.4 Å². The largest absolute Gasteiger partial charge is 0.494 e. The predicted molar refractivity (Wildman–Crippen MR) is 87.1 cm³/mol. The second-order valence-electron chi connectivity index (χ2n) is 3.69. The Morgan fingerprint density at radius 2 is 1.67 bits per heavy atom. The monoisotopic (exact) mass is 291 g/mol. The van der Waals surface area contributed by atoms with Crippen molar-refractivity contribution in [3.05, 3.63) is 35.5 Å². The van der Waals surface area contributed by atoms with Crippen LogP contribution < -0.4 is 4.74 Å². The summed E-state index contributed by atoms with van der Waals surface area (Å²) in [7, 11) is 2.91. The van der Waals surface area contributed by atoms with Crippen LogP contribution in [-0.4, -0.2) is 25.2 Å². The number of rotatable bonds is 2. The van der Waals surface area contributed by atoms with E-state index in [-0.39, 0.29) is 5.97 Å². The van der Waals surface area contributed by atoms with Gasteiger partial charge in [-0.2, -0.15) is 0 Å². The van der Waals surface area contributed by atoms with E-state index in [1.54, 1.807) is 19.2 Å². The number of hydrogen-bond donors (Lipinski definition) is 0. The van der Waals surface area contributed by atoms with Crippen molar-refractivity contribution in [3.63, 3.8) is 0 Å². The van der Waals surface area contributed by atoms with Crippen LogP contribution in [0.2, 0.25) is 0 Å². The second-order valence-corrected chi connectivity index (χ2v) is 3.69. The van der Waals surface area contributed by atoms with Crippen molar-refractivity contribution in [1.82, 2.24) is 4.98 Å². The number of fused-ring (bicyclic) bond motifs is 1. The lowest BCUT2D eigenvalue weighted by Gasteiger charge is -2.08. The lowest BCUT2D eigenvalue weighted by Crippen LogP contribution is -2.02. The molecule has 2 aromatic rings. The molecule has 116 valence electrons. The summed E-state index contributed by atoms with van der Waals surface area (Å²) in [6, 6.07) is 7.19. The van der Waals surface area contributed by atoms with E-state index in [0.29, 0.717) is 11.3 Å². The highest BCUT2D eigenvalue weighted by molar-refractivity contribution is 5.97. The van der Waals surface area contributed by atoms with Gasteiger partial charge in [0, 0.05) is 11.1 Å². The molecule has 21 heavy (non-hydrogen) atoms. The molecule has 0 aliphatic rings. The van der Waals surface area contributed by atoms with E-state index in [1.807, 2.05) is 46.8 Å². The molecule has 0 bridgehead atoms. The minimum Gasteiger partial charge on any atom is -0.494 e. The highest BCUT2D eigenvalue weighted by Gasteiger charge is 2.11. The molecule has 1 aromatic carbocycles. The Labute approximate surface area is 127 Å². The Morgan fingerprint density at radius 3 is 2.19 bits per heavy atom. The van der Waals surface area contributed by atoms with E-state index < -0.39 is 0 Å². The van der Waals surface area contributed by atoms with Gasteiger partial charge in [-0.15, -0.1) is 0 Å². The van der Waals surface area contributed by atoms with E-state index in [4.69, 9.17) is 9.47 Å². The van der Waals surface area contributed by atoms with Gasteiger partial charge in [0.25, 0.3) is 0 Å². The molecule has 0 saturated carbocycles. The zero-order valence-corrected chi connectivity index (χ0v) is 14.0. The highest BCUT2D eigenvalue weighted by Crippen LogP contribution is 2.26. The summed E-state index contributed by atoms with van der Waals surface area (Å²) in [6.45, 7) is 9.91. The van der Waals surface area contributed by atoms with E-state index in [9.17, 15) is 4.79 Å². The molecule has 0 radical (unpaired) electrons. The summed E-state index contributed by atoms with van der Waals surface area (Å²) in [6.07, 6.45) is 0. The Bertz CT molecular complexity index is 580. The van der Waals surface area contributed by atoms with Crippen LogP contribution in [0.4, 0.5) is 0 Å². The van der Waals surface area contributed by atoms with Gasteiger partial charge in [0.1, 0.15) is 11.3 Å². The molecule has 0 fully saturated rings. The third-order valence-electron chi connectivity index (χ3n) is 2.54. The Morgan fingerprint density at radius 1 is 1.05 bits per heavy atom. The standard InChI is InChI=1S/C13H13NO3.2C2H6/c1-8-4-5-9-6-10(13(15)17-3)7-11(16-2)12(9)14-8;2*1-2/h4-7H,1-3H3;2*1-2H3. The number of pyridine rings is 1. The molecular formula is C17H25NO3. The first kappa shape index (κ1) is 18.9. The maximum absolute atomic E-state index is 11.5. The summed E-state index contributed by atoms with van der Waals surface area (Å²) in [5, 5.41) is 0.857. The van der Waals surface area contributed by atoms with Gasteiger partial charge in [-0.1, -0.05) is 33.8 Å². The van der Waals surface area contributed by atoms with Crippen molar-refractivity contribution in [3.8, 4) is 5.75 Å². The lowest BCUT2D eigenvalue weighted by atomic mass is 10.1. The fourth-order valence-electron chi connectivity index (χ4n) is 1.69. The van der Waals surface area contributed by atoms with E-state index in [2.05, 4.69) is 4.98 Å². The first-order valence-corrected chi connectivity index (χ1v) is 7.19. The Kier molecular flexibility index (Phi) is 8.77. The third kappa shape index (κ3) is 4.74. The van der Waals surface area contributed by atoms with Gasteiger partial charge in [-0.05, 0) is 25.1 Å². The van der Waals surface area contributed by atoms with Crippen LogP contribution in [0.15, 0.2) is 24.3 Å². The van der Waals surface area contributed by atoms with Crippen LogP contribution >= 0.6 is 0 Å². The van der Waals surface area contributed by atoms with Crippen LogP contribution in [0.25, 0.3) is 10.9 Å². The van der Waals surface area contributed by atoms with Crippen molar-refractivity contribution >= 4 is 16.9 Å². The van der Waals surface area contributed by atoms with Gasteiger partial charge in [0.2, 0.25) is 0 Å². The molecule has 0 aliphatic carbocycles. The molecule has 0 saturated heterocycles. The van der Waals surface area contributed by atoms with Gasteiger partial charge in [-0.25, -0.2) is 9.78 Å². The van der Waals surface area contributed by atoms with Crippen LogP contribution in [0.5, 0.6) is 5.75 Å². The zero-order chi connectivity index (χ0) is 16.4. The number of benzene rings is 1.